The standard InChI is InChI=1S/C8H10N6O2S/c1-14-3-2-7(12-14)13-17(15,16)6-4-10-8(9)11-5-6/h2-5H,1H3,(H,12,13)(H2,9,10,11). The lowest BCUT2D eigenvalue weighted by atomic mass is 10.7. The summed E-state index contributed by atoms with van der Waals surface area (Å²) >= 11 is 0. The summed E-state index contributed by atoms with van der Waals surface area (Å²) in [6.45, 7) is 0. The van der Waals surface area contributed by atoms with Gasteiger partial charge in [0, 0.05) is 19.3 Å². The third-order valence-corrected chi connectivity index (χ3v) is 3.22. The first-order valence-corrected chi connectivity index (χ1v) is 6.06. The van der Waals surface area contributed by atoms with Gasteiger partial charge in [-0.1, -0.05) is 0 Å². The van der Waals surface area contributed by atoms with E-state index in [1.807, 2.05) is 0 Å². The molecule has 0 unspecified atom stereocenters. The highest BCUT2D eigenvalue weighted by Gasteiger charge is 2.16. The van der Waals surface area contributed by atoms with Gasteiger partial charge in [0.25, 0.3) is 10.0 Å². The summed E-state index contributed by atoms with van der Waals surface area (Å²) in [5, 5.41) is 3.90. The van der Waals surface area contributed by atoms with Crippen molar-refractivity contribution in [1.82, 2.24) is 19.7 Å². The first-order chi connectivity index (χ1) is 7.97. The average Bonchev–Trinajstić information content (AvgIpc) is 2.63. The third-order valence-electron chi connectivity index (χ3n) is 1.91. The molecule has 0 spiro atoms. The van der Waals surface area contributed by atoms with Gasteiger partial charge in [0.15, 0.2) is 5.82 Å². The maximum Gasteiger partial charge on any atom is 0.266 e. The third kappa shape index (κ3) is 2.50. The molecule has 3 N–H and O–H groups in total. The number of rotatable bonds is 3. The van der Waals surface area contributed by atoms with Crippen molar-refractivity contribution in [2.45, 2.75) is 4.90 Å². The normalized spacial score (nSPS) is 11.4. The summed E-state index contributed by atoms with van der Waals surface area (Å²) in [5.74, 6) is 0.242. The topological polar surface area (TPSA) is 116 Å². The molecule has 9 heteroatoms. The molecule has 8 nitrogen and oxygen atoms in total. The van der Waals surface area contributed by atoms with Crippen molar-refractivity contribution in [3.63, 3.8) is 0 Å². The largest absolute Gasteiger partial charge is 0.368 e. The monoisotopic (exact) mass is 254 g/mol. The number of hydrogen-bond donors (Lipinski definition) is 2. The molecule has 0 atom stereocenters. The Morgan fingerprint density at radius 3 is 2.53 bits per heavy atom. The highest BCUT2D eigenvalue weighted by molar-refractivity contribution is 7.92. The van der Waals surface area contributed by atoms with Crippen LogP contribution in [0.25, 0.3) is 0 Å². The molecule has 0 aliphatic carbocycles. The van der Waals surface area contributed by atoms with Gasteiger partial charge in [-0.15, -0.1) is 0 Å². The molecular weight excluding hydrogens is 244 g/mol. The zero-order chi connectivity index (χ0) is 12.5. The number of anilines is 2. The first kappa shape index (κ1) is 11.3. The van der Waals surface area contributed by atoms with Gasteiger partial charge in [-0.2, -0.15) is 5.10 Å². The quantitative estimate of drug-likeness (QED) is 0.769. The Balaban J connectivity index is 2.28. The van der Waals surface area contributed by atoms with Crippen LogP contribution in [-0.2, 0) is 17.1 Å². The Morgan fingerprint density at radius 2 is 2.00 bits per heavy atom. The van der Waals surface area contributed by atoms with E-state index in [2.05, 4.69) is 19.8 Å². The van der Waals surface area contributed by atoms with Crippen LogP contribution in [0.3, 0.4) is 0 Å². The van der Waals surface area contributed by atoms with Crippen molar-refractivity contribution >= 4 is 21.8 Å². The summed E-state index contributed by atoms with van der Waals surface area (Å²) in [7, 11) is -2.04. The van der Waals surface area contributed by atoms with Crippen LogP contribution >= 0.6 is 0 Å². The predicted octanol–water partition coefficient (Wildman–Crippen LogP) is -0.407. The molecule has 0 aliphatic heterocycles. The van der Waals surface area contributed by atoms with Gasteiger partial charge in [0.2, 0.25) is 5.95 Å². The van der Waals surface area contributed by atoms with Crippen LogP contribution in [0.2, 0.25) is 0 Å². The fourth-order valence-corrected chi connectivity index (χ4v) is 2.02. The number of sulfonamides is 1. The van der Waals surface area contributed by atoms with Crippen LogP contribution in [0.1, 0.15) is 0 Å². The van der Waals surface area contributed by atoms with Gasteiger partial charge in [0.1, 0.15) is 4.90 Å². The van der Waals surface area contributed by atoms with Gasteiger partial charge in [-0.25, -0.2) is 18.4 Å². The maximum atomic E-state index is 11.8. The van der Waals surface area contributed by atoms with E-state index in [9.17, 15) is 8.42 Å². The second-order valence-electron chi connectivity index (χ2n) is 3.26. The summed E-state index contributed by atoms with van der Waals surface area (Å²) < 4.78 is 27.5. The number of nitrogen functional groups attached to an aromatic ring is 1. The number of hydrogen-bond acceptors (Lipinski definition) is 6. The molecule has 0 fully saturated rings. The van der Waals surface area contributed by atoms with E-state index >= 15 is 0 Å². The fraction of sp³-hybridized carbons (Fsp3) is 0.125. The fourth-order valence-electron chi connectivity index (χ4n) is 1.13. The van der Waals surface area contributed by atoms with E-state index in [4.69, 9.17) is 5.73 Å². The maximum absolute atomic E-state index is 11.8. The van der Waals surface area contributed by atoms with Crippen molar-refractivity contribution in [3.05, 3.63) is 24.7 Å². The molecule has 90 valence electrons. The van der Waals surface area contributed by atoms with Gasteiger partial charge in [-0.3, -0.25) is 9.40 Å². The second kappa shape index (κ2) is 4.01. The van der Waals surface area contributed by atoms with Gasteiger partial charge in [-0.05, 0) is 0 Å². The molecule has 0 saturated heterocycles. The molecule has 0 saturated carbocycles. The number of aryl methyl sites for hydroxylation is 1. The molecule has 0 aliphatic rings. The Morgan fingerprint density at radius 1 is 1.35 bits per heavy atom. The molecule has 17 heavy (non-hydrogen) atoms. The lowest BCUT2D eigenvalue weighted by Gasteiger charge is -2.04. The SMILES string of the molecule is Cn1ccc(NS(=O)(=O)c2cnc(N)nc2)n1. The predicted molar refractivity (Wildman–Crippen MR) is 60.5 cm³/mol. The lowest BCUT2D eigenvalue weighted by Crippen LogP contribution is -2.14. The van der Waals surface area contributed by atoms with Crippen molar-refractivity contribution in [3.8, 4) is 0 Å². The first-order valence-electron chi connectivity index (χ1n) is 4.57. The molecule has 0 aromatic carbocycles. The zero-order valence-electron chi connectivity index (χ0n) is 8.90. The van der Waals surface area contributed by atoms with Crippen LogP contribution in [0.4, 0.5) is 11.8 Å². The van der Waals surface area contributed by atoms with Crippen LogP contribution in [0, 0.1) is 0 Å². The van der Waals surface area contributed by atoms with Crippen molar-refractivity contribution < 1.29 is 8.42 Å². The summed E-state index contributed by atoms with van der Waals surface area (Å²) in [4.78, 5) is 7.16. The van der Waals surface area contributed by atoms with E-state index in [1.165, 1.54) is 10.7 Å². The van der Waals surface area contributed by atoms with Crippen LogP contribution in [0.5, 0.6) is 0 Å². The molecule has 0 amide bonds. The van der Waals surface area contributed by atoms with Gasteiger partial charge in [0.05, 0.1) is 12.4 Å². The van der Waals surface area contributed by atoms with E-state index in [1.54, 1.807) is 13.2 Å². The minimum absolute atomic E-state index is 0.0155. The molecule has 2 aromatic heterocycles. The van der Waals surface area contributed by atoms with E-state index in [-0.39, 0.29) is 16.7 Å². The molecule has 2 rings (SSSR count). The van der Waals surface area contributed by atoms with Crippen LogP contribution in [0.15, 0.2) is 29.6 Å². The van der Waals surface area contributed by atoms with E-state index < -0.39 is 10.0 Å². The molecule has 2 heterocycles. The Hall–Kier alpha value is -2.16. The minimum Gasteiger partial charge on any atom is -0.368 e. The Kier molecular flexibility index (Phi) is 2.68. The van der Waals surface area contributed by atoms with E-state index in [0.29, 0.717) is 0 Å². The van der Waals surface area contributed by atoms with E-state index in [0.717, 1.165) is 12.4 Å². The molecular formula is C8H10N6O2S. The summed E-state index contributed by atoms with van der Waals surface area (Å²) in [6.07, 6.45) is 3.89. The molecule has 0 radical (unpaired) electrons. The van der Waals surface area contributed by atoms with Gasteiger partial charge < -0.3 is 5.73 Å². The van der Waals surface area contributed by atoms with Crippen LogP contribution in [-0.4, -0.2) is 28.2 Å². The highest BCUT2D eigenvalue weighted by atomic mass is 32.2. The lowest BCUT2D eigenvalue weighted by molar-refractivity contribution is 0.600. The molecule has 0 bridgehead atoms. The highest BCUT2D eigenvalue weighted by Crippen LogP contribution is 2.12. The molecule has 2 aromatic rings. The Bertz CT molecular complexity index is 618. The number of nitrogens with one attached hydrogen (secondary N) is 1. The number of aromatic nitrogens is 4. The smallest absolute Gasteiger partial charge is 0.266 e. The van der Waals surface area contributed by atoms with Crippen molar-refractivity contribution in [2.24, 2.45) is 7.05 Å². The van der Waals surface area contributed by atoms with Crippen LogP contribution < -0.4 is 10.5 Å². The zero-order valence-corrected chi connectivity index (χ0v) is 9.72. The van der Waals surface area contributed by atoms with Crippen molar-refractivity contribution in [1.29, 1.82) is 0 Å². The number of nitrogens with two attached hydrogens (primary N) is 1. The Labute approximate surface area is 97.6 Å². The number of nitrogens with zero attached hydrogens (tertiary/aromatic N) is 4. The summed E-state index contributed by atoms with van der Waals surface area (Å²) in [5.41, 5.74) is 5.27. The average molecular weight is 254 g/mol. The second-order valence-corrected chi connectivity index (χ2v) is 4.94. The minimum atomic E-state index is -3.72. The summed E-state index contributed by atoms with van der Waals surface area (Å²) in [6, 6.07) is 1.54. The van der Waals surface area contributed by atoms with Crippen molar-refractivity contribution in [2.75, 3.05) is 10.5 Å². The van der Waals surface area contributed by atoms with Gasteiger partial charge >= 0.3 is 0 Å².